The molecule has 3 nitrogen and oxygen atoms in total. The van der Waals surface area contributed by atoms with Crippen molar-refractivity contribution in [1.82, 2.24) is 0 Å². The van der Waals surface area contributed by atoms with Gasteiger partial charge in [0.05, 0.1) is 5.38 Å². The lowest BCUT2D eigenvalue weighted by molar-refractivity contribution is 0.0991. The maximum atomic E-state index is 11.3. The molecule has 0 aliphatic carbocycles. The van der Waals surface area contributed by atoms with Gasteiger partial charge in [-0.15, -0.1) is 11.6 Å². The highest BCUT2D eigenvalue weighted by Crippen LogP contribution is 2.25. The number of ketones is 1. The van der Waals surface area contributed by atoms with Crippen molar-refractivity contribution in [2.75, 3.05) is 0 Å². The topological polar surface area (TPSA) is 57.5 Å². The number of phenols is 2. The van der Waals surface area contributed by atoms with Crippen molar-refractivity contribution in [3.63, 3.8) is 0 Å². The third-order valence-corrected chi connectivity index (χ3v) is 1.82. The van der Waals surface area contributed by atoms with Gasteiger partial charge in [-0.3, -0.25) is 4.79 Å². The minimum atomic E-state index is -0.635. The molecular weight excluding hydrogens is 192 g/mol. The number of Topliss-reactive ketones (excluding diaryl/α,β-unsaturated/α-hetero) is 1. The predicted octanol–water partition coefficient (Wildman–Crippen LogP) is 1.91. The first-order chi connectivity index (χ1) is 6.02. The average molecular weight is 201 g/mol. The van der Waals surface area contributed by atoms with Crippen molar-refractivity contribution < 1.29 is 15.0 Å². The van der Waals surface area contributed by atoms with E-state index in [1.807, 2.05) is 0 Å². The summed E-state index contributed by atoms with van der Waals surface area (Å²) in [6, 6.07) is 3.86. The first kappa shape index (κ1) is 9.86. The average Bonchev–Trinajstić information content (AvgIpc) is 2.08. The maximum Gasteiger partial charge on any atom is 0.180 e. The lowest BCUT2D eigenvalue weighted by atomic mass is 10.1. The van der Waals surface area contributed by atoms with Gasteiger partial charge in [0.15, 0.2) is 17.3 Å². The lowest BCUT2D eigenvalue weighted by Gasteiger charge is -2.03. The molecule has 0 bridgehead atoms. The van der Waals surface area contributed by atoms with Gasteiger partial charge in [-0.05, 0) is 25.1 Å². The van der Waals surface area contributed by atoms with E-state index >= 15 is 0 Å². The van der Waals surface area contributed by atoms with Gasteiger partial charge >= 0.3 is 0 Å². The number of phenolic OH excluding ortho intramolecular Hbond substituents is 2. The maximum absolute atomic E-state index is 11.3. The second kappa shape index (κ2) is 3.66. The number of aromatic hydroxyl groups is 2. The second-order valence-corrected chi connectivity index (χ2v) is 3.34. The van der Waals surface area contributed by atoms with E-state index in [0.29, 0.717) is 0 Å². The minimum Gasteiger partial charge on any atom is -0.504 e. The Bertz CT molecular complexity index is 334. The molecule has 13 heavy (non-hydrogen) atoms. The van der Waals surface area contributed by atoms with Crippen molar-refractivity contribution in [2.24, 2.45) is 0 Å². The van der Waals surface area contributed by atoms with Crippen molar-refractivity contribution in [3.8, 4) is 11.5 Å². The molecule has 1 rings (SSSR count). The Balaban J connectivity index is 3.04. The molecule has 0 saturated carbocycles. The summed E-state index contributed by atoms with van der Waals surface area (Å²) in [5.41, 5.74) is 0.290. The number of benzene rings is 1. The van der Waals surface area contributed by atoms with Gasteiger partial charge < -0.3 is 10.2 Å². The number of alkyl halides is 1. The molecule has 0 radical (unpaired) electrons. The largest absolute Gasteiger partial charge is 0.504 e. The van der Waals surface area contributed by atoms with Crippen LogP contribution in [0.1, 0.15) is 17.3 Å². The predicted molar refractivity (Wildman–Crippen MR) is 49.4 cm³/mol. The van der Waals surface area contributed by atoms with Crippen LogP contribution < -0.4 is 0 Å². The van der Waals surface area contributed by atoms with Crippen molar-refractivity contribution in [3.05, 3.63) is 23.8 Å². The van der Waals surface area contributed by atoms with Gasteiger partial charge in [-0.25, -0.2) is 0 Å². The zero-order valence-electron chi connectivity index (χ0n) is 6.99. The highest BCUT2D eigenvalue weighted by Gasteiger charge is 2.13. The Kier molecular flexibility index (Phi) is 2.78. The third-order valence-electron chi connectivity index (χ3n) is 1.62. The smallest absolute Gasteiger partial charge is 0.180 e. The van der Waals surface area contributed by atoms with Crippen molar-refractivity contribution >= 4 is 17.4 Å². The van der Waals surface area contributed by atoms with Gasteiger partial charge in [0.25, 0.3) is 0 Å². The van der Waals surface area contributed by atoms with E-state index in [1.54, 1.807) is 6.92 Å². The Hall–Kier alpha value is -1.22. The highest BCUT2D eigenvalue weighted by molar-refractivity contribution is 6.33. The monoisotopic (exact) mass is 200 g/mol. The van der Waals surface area contributed by atoms with Crippen LogP contribution in [0.2, 0.25) is 0 Å². The van der Waals surface area contributed by atoms with Gasteiger partial charge in [-0.2, -0.15) is 0 Å². The number of hydrogen-bond acceptors (Lipinski definition) is 3. The summed E-state index contributed by atoms with van der Waals surface area (Å²) in [7, 11) is 0. The Morgan fingerprint density at radius 2 is 2.00 bits per heavy atom. The van der Waals surface area contributed by atoms with E-state index in [2.05, 4.69) is 0 Å². The second-order valence-electron chi connectivity index (χ2n) is 2.68. The highest BCUT2D eigenvalue weighted by atomic mass is 35.5. The summed E-state index contributed by atoms with van der Waals surface area (Å²) >= 11 is 5.56. The molecule has 4 heteroatoms. The first-order valence-corrected chi connectivity index (χ1v) is 4.16. The molecule has 1 unspecified atom stereocenters. The van der Waals surface area contributed by atoms with Crippen LogP contribution in [0.3, 0.4) is 0 Å². The fourth-order valence-corrected chi connectivity index (χ4v) is 1.03. The zero-order valence-corrected chi connectivity index (χ0v) is 7.75. The molecule has 0 amide bonds. The number of halogens is 1. The summed E-state index contributed by atoms with van der Waals surface area (Å²) < 4.78 is 0. The number of rotatable bonds is 2. The molecule has 0 aliphatic heterocycles. The van der Waals surface area contributed by atoms with E-state index in [-0.39, 0.29) is 22.8 Å². The molecule has 0 fully saturated rings. The number of hydrogen-bond donors (Lipinski definition) is 2. The van der Waals surface area contributed by atoms with Crippen LogP contribution in [0.25, 0.3) is 0 Å². The minimum absolute atomic E-state index is 0.251. The van der Waals surface area contributed by atoms with Crippen LogP contribution in [-0.4, -0.2) is 21.4 Å². The lowest BCUT2D eigenvalue weighted by Crippen LogP contribution is -2.09. The van der Waals surface area contributed by atoms with Crippen molar-refractivity contribution in [2.45, 2.75) is 12.3 Å². The van der Waals surface area contributed by atoms with Gasteiger partial charge in [0.2, 0.25) is 0 Å². The van der Waals surface area contributed by atoms with Crippen LogP contribution in [0.5, 0.6) is 11.5 Å². The number of carbonyl (C=O) groups excluding carboxylic acids is 1. The van der Waals surface area contributed by atoms with Crippen LogP contribution in [0.4, 0.5) is 0 Å². The first-order valence-electron chi connectivity index (χ1n) is 3.72. The molecular formula is C9H9ClO3. The molecule has 0 aromatic heterocycles. The molecule has 1 atom stereocenters. The molecule has 1 aromatic rings. The Labute approximate surface area is 80.6 Å². The SMILES string of the molecule is CC(Cl)C(=O)c1ccc(O)c(O)c1. The standard InChI is InChI=1S/C9H9ClO3/c1-5(10)9(13)6-2-3-7(11)8(12)4-6/h2-5,11-12H,1H3. The molecule has 0 saturated heterocycles. The van der Waals surface area contributed by atoms with E-state index in [9.17, 15) is 4.79 Å². The third kappa shape index (κ3) is 2.12. The molecule has 0 heterocycles. The quantitative estimate of drug-likeness (QED) is 0.436. The zero-order chi connectivity index (χ0) is 10.0. The summed E-state index contributed by atoms with van der Waals surface area (Å²) in [6.45, 7) is 1.55. The van der Waals surface area contributed by atoms with Crippen LogP contribution in [-0.2, 0) is 0 Å². The number of carbonyl (C=O) groups is 1. The molecule has 0 aliphatic rings. The van der Waals surface area contributed by atoms with E-state index in [1.165, 1.54) is 18.2 Å². The fraction of sp³-hybridized carbons (Fsp3) is 0.222. The van der Waals surface area contributed by atoms with Gasteiger partial charge in [-0.1, -0.05) is 0 Å². The summed E-state index contributed by atoms with van der Waals surface area (Å²) in [5.74, 6) is -0.848. The van der Waals surface area contributed by atoms with Crippen LogP contribution in [0.15, 0.2) is 18.2 Å². The van der Waals surface area contributed by atoms with E-state index in [0.717, 1.165) is 0 Å². The summed E-state index contributed by atoms with van der Waals surface area (Å²) in [4.78, 5) is 11.3. The Morgan fingerprint density at radius 1 is 1.38 bits per heavy atom. The Morgan fingerprint density at radius 3 is 2.46 bits per heavy atom. The van der Waals surface area contributed by atoms with E-state index < -0.39 is 5.38 Å². The van der Waals surface area contributed by atoms with E-state index in [4.69, 9.17) is 21.8 Å². The fourth-order valence-electron chi connectivity index (χ4n) is 0.906. The molecule has 70 valence electrons. The molecule has 2 N–H and O–H groups in total. The van der Waals surface area contributed by atoms with Gasteiger partial charge in [0.1, 0.15) is 0 Å². The van der Waals surface area contributed by atoms with Crippen molar-refractivity contribution in [1.29, 1.82) is 0 Å². The van der Waals surface area contributed by atoms with Crippen LogP contribution in [0, 0.1) is 0 Å². The molecule has 1 aromatic carbocycles. The van der Waals surface area contributed by atoms with Gasteiger partial charge in [0, 0.05) is 5.56 Å². The summed E-state index contributed by atoms with van der Waals surface area (Å²) in [6.07, 6.45) is 0. The molecule has 0 spiro atoms. The normalized spacial score (nSPS) is 12.5. The summed E-state index contributed by atoms with van der Waals surface area (Å²) in [5, 5.41) is 17.4. The van der Waals surface area contributed by atoms with Crippen LogP contribution >= 0.6 is 11.6 Å².